The van der Waals surface area contributed by atoms with Crippen LogP contribution in [0.5, 0.6) is 0 Å². The lowest BCUT2D eigenvalue weighted by molar-refractivity contribution is -0.385. The van der Waals surface area contributed by atoms with Crippen LogP contribution in [0.2, 0.25) is 0 Å². The minimum absolute atomic E-state index is 0.00503. The molecule has 31 heavy (non-hydrogen) atoms. The lowest BCUT2D eigenvalue weighted by Crippen LogP contribution is -2.08. The highest BCUT2D eigenvalue weighted by atomic mass is 16.6. The Hall–Kier alpha value is -4.32. The van der Waals surface area contributed by atoms with E-state index in [1.807, 2.05) is 30.3 Å². The minimum atomic E-state index is -0.689. The molecule has 156 valence electrons. The summed E-state index contributed by atoms with van der Waals surface area (Å²) in [6.45, 7) is 2.22. The van der Waals surface area contributed by atoms with Gasteiger partial charge in [-0.3, -0.25) is 14.8 Å². The molecule has 9 nitrogen and oxygen atoms in total. The van der Waals surface area contributed by atoms with Crippen LogP contribution in [0.4, 0.5) is 5.69 Å². The summed E-state index contributed by atoms with van der Waals surface area (Å²) >= 11 is 0. The van der Waals surface area contributed by atoms with E-state index < -0.39 is 10.9 Å². The van der Waals surface area contributed by atoms with Crippen LogP contribution >= 0.6 is 0 Å². The van der Waals surface area contributed by atoms with Crippen molar-refractivity contribution in [1.29, 1.82) is 5.26 Å². The first-order valence-corrected chi connectivity index (χ1v) is 9.53. The number of nitro groups is 1. The summed E-state index contributed by atoms with van der Waals surface area (Å²) < 4.78 is 6.70. The second-order valence-corrected chi connectivity index (χ2v) is 6.41. The molecule has 2 aromatic heterocycles. The van der Waals surface area contributed by atoms with Crippen molar-refractivity contribution in [2.24, 2.45) is 0 Å². The van der Waals surface area contributed by atoms with E-state index in [1.54, 1.807) is 30.0 Å². The van der Waals surface area contributed by atoms with E-state index in [0.717, 1.165) is 23.4 Å². The molecule has 0 saturated heterocycles. The van der Waals surface area contributed by atoms with Crippen molar-refractivity contribution in [3.05, 3.63) is 75.7 Å². The van der Waals surface area contributed by atoms with Crippen LogP contribution in [-0.4, -0.2) is 32.3 Å². The molecular formula is C22H19N5O4. The Morgan fingerprint density at radius 3 is 2.77 bits per heavy atom. The Labute approximate surface area is 178 Å². The SMILES string of the molecule is CCOC(=O)c1cc([N+](=O)[O-])cnc1/C=C\c1cn(CCC#N)nc1-c1ccccc1. The van der Waals surface area contributed by atoms with Crippen molar-refractivity contribution >= 4 is 23.8 Å². The highest BCUT2D eigenvalue weighted by Gasteiger charge is 2.18. The number of aromatic nitrogens is 3. The third-order valence-corrected chi connectivity index (χ3v) is 4.32. The first-order chi connectivity index (χ1) is 15.0. The van der Waals surface area contributed by atoms with E-state index in [2.05, 4.69) is 16.2 Å². The van der Waals surface area contributed by atoms with Gasteiger partial charge in [0.25, 0.3) is 5.69 Å². The molecule has 1 aromatic carbocycles. The standard InChI is InChI=1S/C22H19N5O4/c1-2-31-22(28)19-13-18(27(29)30)14-24-20(19)10-9-17-15-26(12-6-11-23)25-21(17)16-7-4-3-5-8-16/h3-5,7-10,13-15H,2,6,12H2,1H3/b10-9-. The Morgan fingerprint density at radius 2 is 2.10 bits per heavy atom. The zero-order valence-corrected chi connectivity index (χ0v) is 16.8. The molecule has 9 heteroatoms. The number of ether oxygens (including phenoxy) is 1. The highest BCUT2D eigenvalue weighted by molar-refractivity contribution is 5.95. The average Bonchev–Trinajstić information content (AvgIpc) is 3.20. The van der Waals surface area contributed by atoms with Crippen LogP contribution in [0.3, 0.4) is 0 Å². The molecule has 3 rings (SSSR count). The third kappa shape index (κ3) is 5.19. The van der Waals surface area contributed by atoms with Gasteiger partial charge < -0.3 is 4.74 Å². The van der Waals surface area contributed by atoms with Gasteiger partial charge in [0.2, 0.25) is 0 Å². The molecule has 0 aliphatic carbocycles. The molecular weight excluding hydrogens is 398 g/mol. The molecule has 0 aliphatic rings. The van der Waals surface area contributed by atoms with Crippen LogP contribution in [0.25, 0.3) is 23.4 Å². The molecule has 0 bridgehead atoms. The normalized spacial score (nSPS) is 10.7. The van der Waals surface area contributed by atoms with Gasteiger partial charge in [0.1, 0.15) is 6.20 Å². The summed E-state index contributed by atoms with van der Waals surface area (Å²) in [5, 5.41) is 24.5. The Morgan fingerprint density at radius 1 is 1.32 bits per heavy atom. The van der Waals surface area contributed by atoms with Crippen molar-refractivity contribution in [1.82, 2.24) is 14.8 Å². The van der Waals surface area contributed by atoms with Crippen LogP contribution in [0, 0.1) is 21.4 Å². The molecule has 2 heterocycles. The first-order valence-electron chi connectivity index (χ1n) is 9.53. The minimum Gasteiger partial charge on any atom is -0.462 e. The van der Waals surface area contributed by atoms with Gasteiger partial charge in [-0.05, 0) is 19.1 Å². The largest absolute Gasteiger partial charge is 0.462 e. The van der Waals surface area contributed by atoms with Gasteiger partial charge in [0.15, 0.2) is 0 Å². The molecule has 0 radical (unpaired) electrons. The Bertz CT molecular complexity index is 1160. The van der Waals surface area contributed by atoms with E-state index in [0.29, 0.717) is 18.7 Å². The fourth-order valence-corrected chi connectivity index (χ4v) is 2.90. The molecule has 3 aromatic rings. The number of hydrogen-bond acceptors (Lipinski definition) is 7. The molecule has 0 N–H and O–H groups in total. The maximum Gasteiger partial charge on any atom is 0.340 e. The molecule has 0 spiro atoms. The van der Waals surface area contributed by atoms with Gasteiger partial charge in [-0.25, -0.2) is 9.78 Å². The molecule has 0 fully saturated rings. The fourth-order valence-electron chi connectivity index (χ4n) is 2.90. The number of benzene rings is 1. The third-order valence-electron chi connectivity index (χ3n) is 4.32. The number of hydrogen-bond donors (Lipinski definition) is 0. The van der Waals surface area contributed by atoms with E-state index in [9.17, 15) is 14.9 Å². The number of aryl methyl sites for hydroxylation is 1. The quantitative estimate of drug-likeness (QED) is 0.307. The lowest BCUT2D eigenvalue weighted by Gasteiger charge is -2.05. The van der Waals surface area contributed by atoms with Gasteiger partial charge in [-0.2, -0.15) is 10.4 Å². The van der Waals surface area contributed by atoms with E-state index in [1.165, 1.54) is 0 Å². The number of esters is 1. The lowest BCUT2D eigenvalue weighted by atomic mass is 10.1. The predicted molar refractivity (Wildman–Crippen MR) is 114 cm³/mol. The van der Waals surface area contributed by atoms with Crippen LogP contribution in [0.1, 0.15) is 35.0 Å². The maximum absolute atomic E-state index is 12.3. The summed E-state index contributed by atoms with van der Waals surface area (Å²) in [5.74, 6) is -0.689. The molecule has 0 aliphatic heterocycles. The Kier molecular flexibility index (Phi) is 6.85. The Balaban J connectivity index is 2.02. The highest BCUT2D eigenvalue weighted by Crippen LogP contribution is 2.25. The van der Waals surface area contributed by atoms with Gasteiger partial charge in [-0.1, -0.05) is 30.3 Å². The maximum atomic E-state index is 12.3. The molecule has 0 unspecified atom stereocenters. The smallest absolute Gasteiger partial charge is 0.340 e. The van der Waals surface area contributed by atoms with Gasteiger partial charge in [0.05, 0.1) is 47.5 Å². The summed E-state index contributed by atoms with van der Waals surface area (Å²) in [5.41, 5.74) is 2.29. The zero-order chi connectivity index (χ0) is 22.2. The van der Waals surface area contributed by atoms with Gasteiger partial charge >= 0.3 is 5.97 Å². The van der Waals surface area contributed by atoms with Crippen molar-refractivity contribution in [3.63, 3.8) is 0 Å². The first kappa shape index (κ1) is 21.4. The van der Waals surface area contributed by atoms with Crippen LogP contribution in [-0.2, 0) is 11.3 Å². The number of rotatable bonds is 8. The number of nitriles is 1. The fraction of sp³-hybridized carbons (Fsp3) is 0.182. The summed E-state index contributed by atoms with van der Waals surface area (Å²) in [6, 6.07) is 12.8. The van der Waals surface area contributed by atoms with Gasteiger partial charge in [0, 0.05) is 23.4 Å². The average molecular weight is 417 g/mol. The van der Waals surface area contributed by atoms with Crippen molar-refractivity contribution < 1.29 is 14.5 Å². The summed E-state index contributed by atoms with van der Waals surface area (Å²) in [7, 11) is 0. The second-order valence-electron chi connectivity index (χ2n) is 6.41. The van der Waals surface area contributed by atoms with Crippen molar-refractivity contribution in [2.45, 2.75) is 19.9 Å². The number of carbonyl (C=O) groups excluding carboxylic acids is 1. The van der Waals surface area contributed by atoms with E-state index in [-0.39, 0.29) is 23.6 Å². The molecule has 0 amide bonds. The van der Waals surface area contributed by atoms with Crippen molar-refractivity contribution in [3.8, 4) is 17.3 Å². The summed E-state index contributed by atoms with van der Waals surface area (Å²) in [6.07, 6.45) is 6.53. The monoisotopic (exact) mass is 417 g/mol. The van der Waals surface area contributed by atoms with Crippen molar-refractivity contribution in [2.75, 3.05) is 6.61 Å². The van der Waals surface area contributed by atoms with Crippen LogP contribution in [0.15, 0.2) is 48.8 Å². The molecule has 0 atom stereocenters. The second kappa shape index (κ2) is 9.93. The number of carbonyl (C=O) groups is 1. The number of nitrogens with zero attached hydrogens (tertiary/aromatic N) is 5. The summed E-state index contributed by atoms with van der Waals surface area (Å²) in [4.78, 5) is 26.8. The number of pyridine rings is 1. The van der Waals surface area contributed by atoms with Crippen LogP contribution < -0.4 is 0 Å². The van der Waals surface area contributed by atoms with E-state index >= 15 is 0 Å². The van der Waals surface area contributed by atoms with Gasteiger partial charge in [-0.15, -0.1) is 0 Å². The predicted octanol–water partition coefficient (Wildman–Crippen LogP) is 4.11. The molecule has 0 saturated carbocycles. The van der Waals surface area contributed by atoms with E-state index in [4.69, 9.17) is 10.00 Å². The topological polar surface area (TPSA) is 124 Å². The zero-order valence-electron chi connectivity index (χ0n) is 16.8.